The van der Waals surface area contributed by atoms with Gasteiger partial charge >= 0.3 is 0 Å². The average molecular weight is 413 g/mol. The number of hydrogen-bond donors (Lipinski definition) is 3. The summed E-state index contributed by atoms with van der Waals surface area (Å²) in [6.45, 7) is 8.20. The Balaban J connectivity index is 1.81. The predicted octanol–water partition coefficient (Wildman–Crippen LogP) is 2.80. The van der Waals surface area contributed by atoms with Crippen LogP contribution in [0.2, 0.25) is 0 Å². The molecule has 160 valence electrons. The van der Waals surface area contributed by atoms with E-state index in [0.29, 0.717) is 44.3 Å². The molecule has 3 N–H and O–H groups in total. The van der Waals surface area contributed by atoms with Crippen molar-refractivity contribution in [3.8, 4) is 5.75 Å². The number of para-hydroxylation sites is 1. The maximum atomic E-state index is 13.2. The van der Waals surface area contributed by atoms with E-state index in [1.807, 2.05) is 31.2 Å². The number of halogens is 1. The van der Waals surface area contributed by atoms with Crippen LogP contribution in [0.3, 0.4) is 0 Å². The van der Waals surface area contributed by atoms with E-state index in [1.54, 1.807) is 18.2 Å². The third-order valence-corrected chi connectivity index (χ3v) is 4.07. The molecule has 2 aromatic carbocycles. The van der Waals surface area contributed by atoms with Crippen LogP contribution in [0.4, 0.5) is 4.39 Å². The first-order valence-electron chi connectivity index (χ1n) is 9.97. The molecule has 0 aliphatic rings. The molecule has 0 unspecified atom stereocenters. The number of nitrogens with zero attached hydrogens (tertiary/aromatic N) is 1. The lowest BCUT2D eigenvalue weighted by atomic mass is 10.1. The average Bonchev–Trinajstić information content (AvgIpc) is 2.74. The van der Waals surface area contributed by atoms with Crippen molar-refractivity contribution < 1.29 is 13.9 Å². The highest BCUT2D eigenvalue weighted by Crippen LogP contribution is 2.18. The summed E-state index contributed by atoms with van der Waals surface area (Å²) in [7, 11) is 0. The minimum atomic E-state index is -0.343. The maximum absolute atomic E-state index is 13.2. The lowest BCUT2D eigenvalue weighted by molar-refractivity contribution is -0.120. The van der Waals surface area contributed by atoms with Gasteiger partial charge < -0.3 is 20.7 Å². The minimum absolute atomic E-state index is 0.146. The molecule has 1 amide bonds. The van der Waals surface area contributed by atoms with E-state index in [4.69, 9.17) is 4.74 Å². The van der Waals surface area contributed by atoms with Gasteiger partial charge in [-0.25, -0.2) is 9.38 Å². The van der Waals surface area contributed by atoms with Gasteiger partial charge in [-0.3, -0.25) is 4.79 Å². The number of amides is 1. The molecule has 0 aliphatic heterocycles. The van der Waals surface area contributed by atoms with Crippen LogP contribution >= 0.6 is 0 Å². The summed E-state index contributed by atoms with van der Waals surface area (Å²) in [5.74, 6) is 0.930. The molecule has 0 radical (unpaired) electrons. The van der Waals surface area contributed by atoms with Crippen molar-refractivity contribution in [2.24, 2.45) is 4.99 Å². The summed E-state index contributed by atoms with van der Waals surface area (Å²) in [6.07, 6.45) is 1.85. The molecule has 2 rings (SSSR count). The van der Waals surface area contributed by atoms with E-state index in [9.17, 15) is 9.18 Å². The zero-order chi connectivity index (χ0) is 21.6. The highest BCUT2D eigenvalue weighted by Gasteiger charge is 2.05. The Morgan fingerprint density at radius 3 is 2.70 bits per heavy atom. The first kappa shape index (κ1) is 22.9. The number of nitrogens with one attached hydrogen (secondary N) is 3. The van der Waals surface area contributed by atoms with E-state index >= 15 is 0 Å². The second kappa shape index (κ2) is 13.0. The Morgan fingerprint density at radius 1 is 1.13 bits per heavy atom. The molecule has 0 spiro atoms. The fourth-order valence-electron chi connectivity index (χ4n) is 2.71. The van der Waals surface area contributed by atoms with Crippen molar-refractivity contribution in [1.29, 1.82) is 0 Å². The molecule has 30 heavy (non-hydrogen) atoms. The monoisotopic (exact) mass is 412 g/mol. The third kappa shape index (κ3) is 8.34. The molecule has 0 fully saturated rings. The van der Waals surface area contributed by atoms with Crippen LogP contribution in [0.25, 0.3) is 0 Å². The van der Waals surface area contributed by atoms with Crippen molar-refractivity contribution >= 4 is 11.9 Å². The van der Waals surface area contributed by atoms with Crippen molar-refractivity contribution in [3.05, 3.63) is 78.1 Å². The molecule has 2 aromatic rings. The van der Waals surface area contributed by atoms with Gasteiger partial charge in [-0.2, -0.15) is 0 Å². The number of rotatable bonds is 11. The molecule has 0 heterocycles. The van der Waals surface area contributed by atoms with Gasteiger partial charge in [0.15, 0.2) is 5.96 Å². The highest BCUT2D eigenvalue weighted by atomic mass is 19.1. The molecule has 0 bridgehead atoms. The standard InChI is InChI=1S/C23H29FN4O2/c1-3-14-30-21-11-6-5-9-19(21)17-28-23(25-4-2)27-13-12-26-22(29)16-18-8-7-10-20(24)15-18/h3,5-11,15H,1,4,12-14,16-17H2,2H3,(H,26,29)(H2,25,27,28). The fraction of sp³-hybridized carbons (Fsp3) is 0.304. The molecule has 7 heteroatoms. The number of carbonyl (C=O) groups is 1. The van der Waals surface area contributed by atoms with Crippen molar-refractivity contribution in [2.75, 3.05) is 26.2 Å². The van der Waals surface area contributed by atoms with E-state index < -0.39 is 0 Å². The first-order chi connectivity index (χ1) is 14.6. The van der Waals surface area contributed by atoms with Crippen molar-refractivity contribution in [3.63, 3.8) is 0 Å². The smallest absolute Gasteiger partial charge is 0.224 e. The quantitative estimate of drug-likeness (QED) is 0.230. The maximum Gasteiger partial charge on any atom is 0.224 e. The molecule has 6 nitrogen and oxygen atoms in total. The Kier molecular flexibility index (Phi) is 9.92. The summed E-state index contributed by atoms with van der Waals surface area (Å²) in [4.78, 5) is 16.6. The van der Waals surface area contributed by atoms with E-state index in [1.165, 1.54) is 12.1 Å². The molecule has 0 saturated heterocycles. The van der Waals surface area contributed by atoms with Crippen LogP contribution in [-0.4, -0.2) is 38.1 Å². The molecule has 0 aliphatic carbocycles. The second-order valence-corrected chi connectivity index (χ2v) is 6.49. The largest absolute Gasteiger partial charge is 0.489 e. The zero-order valence-corrected chi connectivity index (χ0v) is 17.3. The van der Waals surface area contributed by atoms with Crippen LogP contribution in [0.15, 0.2) is 66.2 Å². The van der Waals surface area contributed by atoms with Crippen LogP contribution in [0, 0.1) is 5.82 Å². The van der Waals surface area contributed by atoms with Gasteiger partial charge in [0, 0.05) is 25.2 Å². The Labute approximate surface area is 177 Å². The summed E-state index contributed by atoms with van der Waals surface area (Å²) in [5.41, 5.74) is 1.62. The van der Waals surface area contributed by atoms with Gasteiger partial charge in [0.1, 0.15) is 18.2 Å². The van der Waals surface area contributed by atoms with Crippen LogP contribution in [-0.2, 0) is 17.8 Å². The van der Waals surface area contributed by atoms with Gasteiger partial charge in [0.05, 0.1) is 13.0 Å². The number of ether oxygens (including phenoxy) is 1. The zero-order valence-electron chi connectivity index (χ0n) is 17.3. The third-order valence-electron chi connectivity index (χ3n) is 4.07. The molecule has 0 atom stereocenters. The summed E-state index contributed by atoms with van der Waals surface area (Å²) < 4.78 is 18.9. The van der Waals surface area contributed by atoms with E-state index in [2.05, 4.69) is 27.5 Å². The van der Waals surface area contributed by atoms with E-state index in [-0.39, 0.29) is 18.1 Å². The van der Waals surface area contributed by atoms with Gasteiger partial charge in [-0.1, -0.05) is 43.0 Å². The highest BCUT2D eigenvalue weighted by molar-refractivity contribution is 5.80. The van der Waals surface area contributed by atoms with Gasteiger partial charge in [0.2, 0.25) is 5.91 Å². The SMILES string of the molecule is C=CCOc1ccccc1CN=C(NCC)NCCNC(=O)Cc1cccc(F)c1. The second-order valence-electron chi connectivity index (χ2n) is 6.49. The van der Waals surface area contributed by atoms with E-state index in [0.717, 1.165) is 11.3 Å². The van der Waals surface area contributed by atoms with Crippen LogP contribution in [0.1, 0.15) is 18.1 Å². The Morgan fingerprint density at radius 2 is 1.93 bits per heavy atom. The fourth-order valence-corrected chi connectivity index (χ4v) is 2.71. The predicted molar refractivity (Wildman–Crippen MR) is 118 cm³/mol. The number of guanidine groups is 1. The first-order valence-corrected chi connectivity index (χ1v) is 9.97. The number of carbonyl (C=O) groups excluding carboxylic acids is 1. The molecular weight excluding hydrogens is 383 g/mol. The van der Waals surface area contributed by atoms with Crippen LogP contribution in [0.5, 0.6) is 5.75 Å². The minimum Gasteiger partial charge on any atom is -0.489 e. The lowest BCUT2D eigenvalue weighted by Gasteiger charge is -2.13. The Hall–Kier alpha value is -3.35. The van der Waals surface area contributed by atoms with Gasteiger partial charge in [-0.05, 0) is 30.7 Å². The summed E-state index contributed by atoms with van der Waals surface area (Å²) in [5, 5.41) is 9.18. The Bertz CT molecular complexity index is 855. The normalized spacial score (nSPS) is 10.9. The number of hydrogen-bond acceptors (Lipinski definition) is 3. The molecular formula is C23H29FN4O2. The summed E-state index contributed by atoms with van der Waals surface area (Å²) >= 11 is 0. The topological polar surface area (TPSA) is 74.8 Å². The number of aliphatic imine (C=N–C) groups is 1. The number of benzene rings is 2. The van der Waals surface area contributed by atoms with Crippen molar-refractivity contribution in [2.45, 2.75) is 19.9 Å². The van der Waals surface area contributed by atoms with Gasteiger partial charge in [-0.15, -0.1) is 0 Å². The lowest BCUT2D eigenvalue weighted by Crippen LogP contribution is -2.41. The molecule has 0 saturated carbocycles. The van der Waals surface area contributed by atoms with Crippen molar-refractivity contribution in [1.82, 2.24) is 16.0 Å². The molecule has 0 aromatic heterocycles. The summed E-state index contributed by atoms with van der Waals surface area (Å²) in [6, 6.07) is 13.8. The van der Waals surface area contributed by atoms with Gasteiger partial charge in [0.25, 0.3) is 0 Å². The van der Waals surface area contributed by atoms with Crippen LogP contribution < -0.4 is 20.7 Å².